The Hall–Kier alpha value is -1.11. The number of aryl methyl sites for hydroxylation is 2. The van der Waals surface area contributed by atoms with Gasteiger partial charge in [-0.2, -0.15) is 0 Å². The molecule has 1 nitrogen and oxygen atoms in total. The average Bonchev–Trinajstić information content (AvgIpc) is 2.48. The second kappa shape index (κ2) is 2.74. The standard InChI is InChI=1S/C11H12O/c1-2-8-4-3-5-9-6-7-10(12)11(8)9/h3-5H,2,6-7H2,1H3. The molecule has 62 valence electrons. The summed E-state index contributed by atoms with van der Waals surface area (Å²) in [6.07, 6.45) is 2.63. The van der Waals surface area contributed by atoms with Crippen LogP contribution in [0, 0.1) is 0 Å². The van der Waals surface area contributed by atoms with E-state index in [0.717, 1.165) is 18.4 Å². The molecule has 0 saturated carbocycles. The summed E-state index contributed by atoms with van der Waals surface area (Å²) in [6, 6.07) is 6.18. The first-order chi connectivity index (χ1) is 5.83. The van der Waals surface area contributed by atoms with E-state index in [1.165, 1.54) is 11.1 Å². The molecule has 0 aromatic heterocycles. The Bertz CT molecular complexity index is 326. The number of benzene rings is 1. The molecule has 1 aromatic carbocycles. The van der Waals surface area contributed by atoms with Gasteiger partial charge in [0.25, 0.3) is 0 Å². The Morgan fingerprint density at radius 1 is 1.33 bits per heavy atom. The minimum atomic E-state index is 0.336. The summed E-state index contributed by atoms with van der Waals surface area (Å²) in [5.41, 5.74) is 3.48. The number of fused-ring (bicyclic) bond motifs is 1. The van der Waals surface area contributed by atoms with E-state index in [4.69, 9.17) is 0 Å². The molecule has 0 radical (unpaired) electrons. The lowest BCUT2D eigenvalue weighted by Gasteiger charge is -2.03. The van der Waals surface area contributed by atoms with E-state index in [-0.39, 0.29) is 0 Å². The van der Waals surface area contributed by atoms with Crippen LogP contribution in [0.25, 0.3) is 0 Å². The summed E-state index contributed by atoms with van der Waals surface area (Å²) in [4.78, 5) is 11.4. The molecule has 0 atom stereocenters. The number of rotatable bonds is 1. The molecule has 0 aliphatic heterocycles. The zero-order valence-corrected chi connectivity index (χ0v) is 7.26. The van der Waals surface area contributed by atoms with Gasteiger partial charge in [0.05, 0.1) is 0 Å². The molecule has 1 heteroatoms. The van der Waals surface area contributed by atoms with Crippen LogP contribution in [0.2, 0.25) is 0 Å². The summed E-state index contributed by atoms with van der Waals surface area (Å²) in [7, 11) is 0. The third kappa shape index (κ3) is 0.970. The van der Waals surface area contributed by atoms with Gasteiger partial charge in [0.2, 0.25) is 0 Å². The predicted molar refractivity (Wildman–Crippen MR) is 48.5 cm³/mol. The van der Waals surface area contributed by atoms with Crippen molar-refractivity contribution in [2.75, 3.05) is 0 Å². The molecule has 1 aliphatic rings. The molecule has 0 amide bonds. The molecular formula is C11H12O. The van der Waals surface area contributed by atoms with Gasteiger partial charge in [-0.15, -0.1) is 0 Å². The second-order valence-corrected chi connectivity index (χ2v) is 3.23. The molecule has 1 aliphatic carbocycles. The minimum absolute atomic E-state index is 0.336. The number of hydrogen-bond donors (Lipinski definition) is 0. The maximum atomic E-state index is 11.4. The Labute approximate surface area is 72.4 Å². The van der Waals surface area contributed by atoms with Crippen molar-refractivity contribution < 1.29 is 4.79 Å². The van der Waals surface area contributed by atoms with E-state index in [2.05, 4.69) is 25.1 Å². The highest BCUT2D eigenvalue weighted by atomic mass is 16.1. The van der Waals surface area contributed by atoms with Gasteiger partial charge in [-0.05, 0) is 24.0 Å². The molecule has 1 aromatic rings. The van der Waals surface area contributed by atoms with Crippen molar-refractivity contribution >= 4 is 5.78 Å². The Morgan fingerprint density at radius 3 is 2.92 bits per heavy atom. The van der Waals surface area contributed by atoms with Crippen molar-refractivity contribution in [3.8, 4) is 0 Å². The van der Waals surface area contributed by atoms with Gasteiger partial charge in [0, 0.05) is 12.0 Å². The minimum Gasteiger partial charge on any atom is -0.294 e. The number of hydrogen-bond acceptors (Lipinski definition) is 1. The van der Waals surface area contributed by atoms with Crippen LogP contribution in [0.1, 0.15) is 34.8 Å². The van der Waals surface area contributed by atoms with Crippen molar-refractivity contribution in [2.24, 2.45) is 0 Å². The van der Waals surface area contributed by atoms with Gasteiger partial charge in [0.1, 0.15) is 0 Å². The molecule has 0 unspecified atom stereocenters. The van der Waals surface area contributed by atoms with Crippen molar-refractivity contribution in [3.05, 3.63) is 34.9 Å². The van der Waals surface area contributed by atoms with E-state index >= 15 is 0 Å². The SMILES string of the molecule is CCc1cccc2c1C(=O)CC2. The fraction of sp³-hybridized carbons (Fsp3) is 0.364. The van der Waals surface area contributed by atoms with E-state index < -0.39 is 0 Å². The summed E-state index contributed by atoms with van der Waals surface area (Å²) in [6.45, 7) is 2.10. The van der Waals surface area contributed by atoms with E-state index in [1.54, 1.807) is 0 Å². The highest BCUT2D eigenvalue weighted by molar-refractivity contribution is 6.01. The van der Waals surface area contributed by atoms with Gasteiger partial charge in [-0.3, -0.25) is 4.79 Å². The maximum Gasteiger partial charge on any atom is 0.163 e. The first-order valence-electron chi connectivity index (χ1n) is 4.47. The topological polar surface area (TPSA) is 17.1 Å². The summed E-state index contributed by atoms with van der Waals surface area (Å²) >= 11 is 0. The van der Waals surface area contributed by atoms with Crippen molar-refractivity contribution in [1.29, 1.82) is 0 Å². The molecule has 2 rings (SSSR count). The lowest BCUT2D eigenvalue weighted by atomic mass is 10.0. The van der Waals surface area contributed by atoms with Gasteiger partial charge in [0.15, 0.2) is 5.78 Å². The maximum absolute atomic E-state index is 11.4. The molecule has 0 bridgehead atoms. The largest absolute Gasteiger partial charge is 0.294 e. The zero-order valence-electron chi connectivity index (χ0n) is 7.26. The quantitative estimate of drug-likeness (QED) is 0.616. The third-order valence-electron chi connectivity index (χ3n) is 2.52. The number of carbonyl (C=O) groups excluding carboxylic acids is 1. The molecule has 12 heavy (non-hydrogen) atoms. The average molecular weight is 160 g/mol. The highest BCUT2D eigenvalue weighted by Crippen LogP contribution is 2.25. The Morgan fingerprint density at radius 2 is 2.17 bits per heavy atom. The number of carbonyl (C=O) groups is 1. The monoisotopic (exact) mass is 160 g/mol. The Balaban J connectivity index is 2.60. The van der Waals surface area contributed by atoms with Gasteiger partial charge < -0.3 is 0 Å². The van der Waals surface area contributed by atoms with Crippen LogP contribution in [0.3, 0.4) is 0 Å². The van der Waals surface area contributed by atoms with Crippen LogP contribution in [0.5, 0.6) is 0 Å². The lowest BCUT2D eigenvalue weighted by molar-refractivity contribution is 0.0994. The summed E-state index contributed by atoms with van der Waals surface area (Å²) in [5.74, 6) is 0.336. The van der Waals surface area contributed by atoms with E-state index in [1.807, 2.05) is 0 Å². The summed E-state index contributed by atoms with van der Waals surface area (Å²) in [5, 5.41) is 0. The second-order valence-electron chi connectivity index (χ2n) is 3.23. The normalized spacial score (nSPS) is 14.9. The fourth-order valence-corrected chi connectivity index (χ4v) is 1.89. The molecule has 0 N–H and O–H groups in total. The lowest BCUT2D eigenvalue weighted by Crippen LogP contribution is -1.97. The molecule has 0 spiro atoms. The van der Waals surface area contributed by atoms with E-state index in [0.29, 0.717) is 12.2 Å². The van der Waals surface area contributed by atoms with Crippen LogP contribution in [0.15, 0.2) is 18.2 Å². The summed E-state index contributed by atoms with van der Waals surface area (Å²) < 4.78 is 0. The van der Waals surface area contributed by atoms with Crippen molar-refractivity contribution in [3.63, 3.8) is 0 Å². The first-order valence-corrected chi connectivity index (χ1v) is 4.47. The molecule has 0 heterocycles. The number of ketones is 1. The van der Waals surface area contributed by atoms with Crippen molar-refractivity contribution in [1.82, 2.24) is 0 Å². The van der Waals surface area contributed by atoms with Crippen LogP contribution in [-0.2, 0) is 12.8 Å². The highest BCUT2D eigenvalue weighted by Gasteiger charge is 2.21. The molecule has 0 fully saturated rings. The van der Waals surface area contributed by atoms with Crippen molar-refractivity contribution in [2.45, 2.75) is 26.2 Å². The number of Topliss-reactive ketones (excluding diaryl/α,β-unsaturated/α-hetero) is 1. The smallest absolute Gasteiger partial charge is 0.163 e. The molecular weight excluding hydrogens is 148 g/mol. The molecule has 0 saturated heterocycles. The van der Waals surface area contributed by atoms with Crippen LogP contribution >= 0.6 is 0 Å². The van der Waals surface area contributed by atoms with Crippen LogP contribution in [0.4, 0.5) is 0 Å². The van der Waals surface area contributed by atoms with Gasteiger partial charge >= 0.3 is 0 Å². The van der Waals surface area contributed by atoms with E-state index in [9.17, 15) is 4.79 Å². The zero-order chi connectivity index (χ0) is 8.55. The fourth-order valence-electron chi connectivity index (χ4n) is 1.89. The van der Waals surface area contributed by atoms with Crippen LogP contribution < -0.4 is 0 Å². The third-order valence-corrected chi connectivity index (χ3v) is 2.52. The van der Waals surface area contributed by atoms with Crippen LogP contribution in [-0.4, -0.2) is 5.78 Å². The Kier molecular flexibility index (Phi) is 1.72. The first kappa shape index (κ1) is 7.53. The van der Waals surface area contributed by atoms with Gasteiger partial charge in [-0.1, -0.05) is 25.1 Å². The predicted octanol–water partition coefficient (Wildman–Crippen LogP) is 2.38. The van der Waals surface area contributed by atoms with Gasteiger partial charge in [-0.25, -0.2) is 0 Å².